The molecule has 3 rings (SSSR count). The molecular weight excluding hydrogens is 452 g/mol. The Bertz CT molecular complexity index is 1010. The number of carbonyl (C=O) groups is 2. The number of anilines is 1. The predicted molar refractivity (Wildman–Crippen MR) is 122 cm³/mol. The van der Waals surface area contributed by atoms with Crippen molar-refractivity contribution < 1.29 is 27.5 Å². The average Bonchev–Trinajstić information content (AvgIpc) is 3.32. The number of piperidine rings is 1. The first kappa shape index (κ1) is 24.1. The molecule has 1 fully saturated rings. The lowest BCUT2D eigenvalue weighted by molar-refractivity contribution is -0.156. The largest absolute Gasteiger partial charge is 0.482 e. The molecule has 8 nitrogen and oxygen atoms in total. The van der Waals surface area contributed by atoms with Gasteiger partial charge in [0.25, 0.3) is 15.9 Å². The minimum absolute atomic E-state index is 0.140. The molecule has 2 aromatic rings. The summed E-state index contributed by atoms with van der Waals surface area (Å²) in [5.41, 5.74) is 0.462. The van der Waals surface area contributed by atoms with Crippen molar-refractivity contribution >= 4 is 38.9 Å². The average molecular weight is 481 g/mol. The monoisotopic (exact) mass is 480 g/mol. The van der Waals surface area contributed by atoms with Gasteiger partial charge in [-0.15, -0.1) is 11.3 Å². The van der Waals surface area contributed by atoms with Crippen molar-refractivity contribution in [1.82, 2.24) is 4.90 Å². The number of hydrogen-bond acceptors (Lipinski definition) is 7. The SMILES string of the molecule is C[C@@H]1CCC[C@H](C)N1C(=O)COC(=O)COc1ccc(N(C)S(=O)(=O)c2cccs2)cc1. The zero-order chi connectivity index (χ0) is 23.3. The van der Waals surface area contributed by atoms with Gasteiger partial charge in [-0.2, -0.15) is 0 Å². The van der Waals surface area contributed by atoms with Gasteiger partial charge in [0, 0.05) is 19.1 Å². The highest BCUT2D eigenvalue weighted by Crippen LogP contribution is 2.26. The summed E-state index contributed by atoms with van der Waals surface area (Å²) in [5, 5.41) is 1.71. The molecule has 0 unspecified atom stereocenters. The summed E-state index contributed by atoms with van der Waals surface area (Å²) in [4.78, 5) is 26.2. The van der Waals surface area contributed by atoms with Crippen LogP contribution in [0, 0.1) is 0 Å². The van der Waals surface area contributed by atoms with Gasteiger partial charge in [0.15, 0.2) is 13.2 Å². The van der Waals surface area contributed by atoms with Gasteiger partial charge in [-0.05, 0) is 68.8 Å². The van der Waals surface area contributed by atoms with Gasteiger partial charge in [-0.1, -0.05) is 6.07 Å². The smallest absolute Gasteiger partial charge is 0.344 e. The molecule has 32 heavy (non-hydrogen) atoms. The number of esters is 1. The van der Waals surface area contributed by atoms with Crippen LogP contribution in [0.1, 0.15) is 33.1 Å². The molecule has 0 saturated carbocycles. The second-order valence-corrected chi connectivity index (χ2v) is 10.9. The van der Waals surface area contributed by atoms with E-state index in [1.54, 1.807) is 46.7 Å². The molecule has 1 aliphatic heterocycles. The van der Waals surface area contributed by atoms with Gasteiger partial charge in [0.2, 0.25) is 0 Å². The van der Waals surface area contributed by atoms with Gasteiger partial charge in [-0.25, -0.2) is 13.2 Å². The van der Waals surface area contributed by atoms with E-state index in [9.17, 15) is 18.0 Å². The Hall–Kier alpha value is -2.59. The van der Waals surface area contributed by atoms with Crippen molar-refractivity contribution in [3.63, 3.8) is 0 Å². The minimum Gasteiger partial charge on any atom is -0.482 e. The topological polar surface area (TPSA) is 93.2 Å². The third-order valence-corrected chi connectivity index (χ3v) is 8.66. The fourth-order valence-corrected chi connectivity index (χ4v) is 6.11. The van der Waals surface area contributed by atoms with Gasteiger partial charge >= 0.3 is 5.97 Å². The van der Waals surface area contributed by atoms with Crippen molar-refractivity contribution in [3.05, 3.63) is 41.8 Å². The normalized spacial score (nSPS) is 18.8. The first-order chi connectivity index (χ1) is 15.2. The number of nitrogens with zero attached hydrogens (tertiary/aromatic N) is 2. The highest BCUT2D eigenvalue weighted by molar-refractivity contribution is 7.94. The Morgan fingerprint density at radius 1 is 1.09 bits per heavy atom. The van der Waals surface area contributed by atoms with Crippen molar-refractivity contribution in [2.75, 3.05) is 24.6 Å². The Kier molecular flexibility index (Phi) is 7.78. The summed E-state index contributed by atoms with van der Waals surface area (Å²) in [6.07, 6.45) is 2.99. The second-order valence-electron chi connectivity index (χ2n) is 7.78. The number of carbonyl (C=O) groups excluding carboxylic acids is 2. The quantitative estimate of drug-likeness (QED) is 0.539. The summed E-state index contributed by atoms with van der Waals surface area (Å²) in [7, 11) is -2.14. The summed E-state index contributed by atoms with van der Waals surface area (Å²) >= 11 is 1.15. The maximum absolute atomic E-state index is 12.6. The van der Waals surface area contributed by atoms with Crippen molar-refractivity contribution in [2.45, 2.75) is 49.4 Å². The molecule has 0 N–H and O–H groups in total. The lowest BCUT2D eigenvalue weighted by atomic mass is 9.97. The van der Waals surface area contributed by atoms with Crippen LogP contribution in [0.4, 0.5) is 5.69 Å². The molecule has 0 aliphatic carbocycles. The lowest BCUT2D eigenvalue weighted by Crippen LogP contribution is -2.49. The van der Waals surface area contributed by atoms with Crippen LogP contribution in [0.3, 0.4) is 0 Å². The van der Waals surface area contributed by atoms with Crippen molar-refractivity contribution in [2.24, 2.45) is 0 Å². The third kappa shape index (κ3) is 5.60. The van der Waals surface area contributed by atoms with E-state index in [-0.39, 0.29) is 35.4 Å². The van der Waals surface area contributed by atoms with E-state index < -0.39 is 16.0 Å². The van der Waals surface area contributed by atoms with E-state index in [0.717, 1.165) is 30.6 Å². The Morgan fingerprint density at radius 2 is 1.75 bits per heavy atom. The summed E-state index contributed by atoms with van der Waals surface area (Å²) in [5.74, 6) is -0.452. The number of sulfonamides is 1. The Morgan fingerprint density at radius 3 is 2.34 bits per heavy atom. The Balaban J connectivity index is 1.48. The fraction of sp³-hybridized carbons (Fsp3) is 0.455. The van der Waals surface area contributed by atoms with Crippen LogP contribution < -0.4 is 9.04 Å². The van der Waals surface area contributed by atoms with Crippen molar-refractivity contribution in [1.29, 1.82) is 0 Å². The van der Waals surface area contributed by atoms with E-state index >= 15 is 0 Å². The molecule has 1 aromatic carbocycles. The summed E-state index contributed by atoms with van der Waals surface area (Å²) in [6, 6.07) is 9.85. The highest BCUT2D eigenvalue weighted by Gasteiger charge is 2.29. The first-order valence-corrected chi connectivity index (χ1v) is 12.7. The number of likely N-dealkylation sites (tertiary alicyclic amines) is 1. The molecule has 0 bridgehead atoms. The standard InChI is InChI=1S/C22H28N2O6S2/c1-16-6-4-7-17(2)24(16)20(25)14-30-21(26)15-29-19-11-9-18(10-12-19)23(3)32(27,28)22-8-5-13-31-22/h5,8-13,16-17H,4,6-7,14-15H2,1-3H3/t16-,17+. The van der Waals surface area contributed by atoms with Gasteiger partial charge < -0.3 is 14.4 Å². The molecule has 1 aliphatic rings. The van der Waals surface area contributed by atoms with Crippen LogP contribution in [-0.2, 0) is 24.3 Å². The Labute approximate surface area is 192 Å². The molecule has 0 spiro atoms. The van der Waals surface area contributed by atoms with Crippen LogP contribution in [0.25, 0.3) is 0 Å². The van der Waals surface area contributed by atoms with Crippen LogP contribution in [0.2, 0.25) is 0 Å². The maximum Gasteiger partial charge on any atom is 0.344 e. The van der Waals surface area contributed by atoms with Gasteiger partial charge in [0.1, 0.15) is 9.96 Å². The maximum atomic E-state index is 12.6. The van der Waals surface area contributed by atoms with Crippen LogP contribution in [0.5, 0.6) is 5.75 Å². The second kappa shape index (κ2) is 10.4. The molecule has 174 valence electrons. The number of hydrogen-bond donors (Lipinski definition) is 0. The van der Waals surface area contributed by atoms with Crippen LogP contribution in [-0.4, -0.2) is 57.5 Å². The molecule has 10 heteroatoms. The predicted octanol–water partition coefficient (Wildman–Crippen LogP) is 3.28. The molecule has 0 radical (unpaired) electrons. The zero-order valence-electron chi connectivity index (χ0n) is 18.4. The van der Waals surface area contributed by atoms with E-state index in [1.165, 1.54) is 11.4 Å². The lowest BCUT2D eigenvalue weighted by Gasteiger charge is -2.38. The number of thiophene rings is 1. The molecule has 2 heterocycles. The molecule has 1 amide bonds. The number of ether oxygens (including phenoxy) is 2. The van der Waals surface area contributed by atoms with E-state index in [0.29, 0.717) is 11.4 Å². The minimum atomic E-state index is -3.62. The van der Waals surface area contributed by atoms with Crippen LogP contribution >= 0.6 is 11.3 Å². The summed E-state index contributed by atoms with van der Waals surface area (Å²) in [6.45, 7) is 3.36. The molecular formula is C22H28N2O6S2. The van der Waals surface area contributed by atoms with Crippen LogP contribution in [0.15, 0.2) is 46.0 Å². The van der Waals surface area contributed by atoms with E-state index in [4.69, 9.17) is 9.47 Å². The summed E-state index contributed by atoms with van der Waals surface area (Å²) < 4.78 is 37.1. The number of rotatable bonds is 8. The fourth-order valence-electron chi connectivity index (χ4n) is 3.75. The highest BCUT2D eigenvalue weighted by atomic mass is 32.2. The van der Waals surface area contributed by atoms with Gasteiger partial charge in [0.05, 0.1) is 5.69 Å². The van der Waals surface area contributed by atoms with E-state index in [1.807, 2.05) is 13.8 Å². The van der Waals surface area contributed by atoms with Gasteiger partial charge in [-0.3, -0.25) is 9.10 Å². The number of amides is 1. The number of benzene rings is 1. The third-order valence-electron chi connectivity index (χ3n) is 5.51. The molecule has 1 saturated heterocycles. The first-order valence-electron chi connectivity index (χ1n) is 10.4. The molecule has 2 atom stereocenters. The van der Waals surface area contributed by atoms with E-state index in [2.05, 4.69) is 0 Å². The zero-order valence-corrected chi connectivity index (χ0v) is 20.0. The molecule has 1 aromatic heterocycles. The van der Waals surface area contributed by atoms with Crippen molar-refractivity contribution in [3.8, 4) is 5.75 Å².